The maximum Gasteiger partial charge on any atom is 0.211 e. The first-order chi connectivity index (χ1) is 12.7. The van der Waals surface area contributed by atoms with Gasteiger partial charge in [0, 0.05) is 43.8 Å². The molecule has 27 heavy (non-hydrogen) atoms. The summed E-state index contributed by atoms with van der Waals surface area (Å²) in [6, 6.07) is 2.95. The number of ether oxygens (including phenoxy) is 1. The van der Waals surface area contributed by atoms with E-state index in [1.54, 1.807) is 0 Å². The molecule has 0 bridgehead atoms. The van der Waals surface area contributed by atoms with Gasteiger partial charge in [-0.2, -0.15) is 4.31 Å². The second kappa shape index (κ2) is 6.89. The molecule has 6 nitrogen and oxygen atoms in total. The molecule has 3 atom stereocenters. The maximum absolute atomic E-state index is 14.0. The highest BCUT2D eigenvalue weighted by Gasteiger charge is 2.39. The summed E-state index contributed by atoms with van der Waals surface area (Å²) in [4.78, 5) is 2.24. The Kier molecular flexibility index (Phi) is 4.84. The van der Waals surface area contributed by atoms with Crippen LogP contribution in [-0.2, 0) is 14.8 Å². The third-order valence-corrected chi connectivity index (χ3v) is 6.87. The molecule has 0 aliphatic carbocycles. The lowest BCUT2D eigenvalue weighted by Gasteiger charge is -2.39. The van der Waals surface area contributed by atoms with E-state index in [0.717, 1.165) is 29.3 Å². The zero-order chi connectivity index (χ0) is 19.3. The van der Waals surface area contributed by atoms with Gasteiger partial charge in [-0.25, -0.2) is 17.2 Å². The SMILES string of the molecule is CS(=O)(=O)N1CC2=C(CN([C@H]3CO[C@H](c4cc(F)ccc4F)[C@@H](N)C3)C2)C1. The number of hydrogen-bond donors (Lipinski definition) is 1. The average molecular weight is 399 g/mol. The van der Waals surface area contributed by atoms with Crippen molar-refractivity contribution in [2.45, 2.75) is 24.6 Å². The minimum Gasteiger partial charge on any atom is -0.370 e. The number of sulfonamides is 1. The fraction of sp³-hybridized carbons (Fsp3) is 0.556. The van der Waals surface area contributed by atoms with Crippen molar-refractivity contribution >= 4 is 10.0 Å². The predicted octanol–water partition coefficient (Wildman–Crippen LogP) is 1.01. The van der Waals surface area contributed by atoms with Crippen molar-refractivity contribution in [1.82, 2.24) is 9.21 Å². The highest BCUT2D eigenvalue weighted by Crippen LogP contribution is 2.34. The van der Waals surface area contributed by atoms with Crippen LogP contribution in [0.3, 0.4) is 0 Å². The molecule has 148 valence electrons. The molecule has 0 spiro atoms. The van der Waals surface area contributed by atoms with Gasteiger partial charge in [-0.05, 0) is 35.8 Å². The van der Waals surface area contributed by atoms with Crippen LogP contribution in [0.4, 0.5) is 8.78 Å². The monoisotopic (exact) mass is 399 g/mol. The predicted molar refractivity (Wildman–Crippen MR) is 96.4 cm³/mol. The van der Waals surface area contributed by atoms with Crippen molar-refractivity contribution in [1.29, 1.82) is 0 Å². The molecule has 4 rings (SSSR count). The zero-order valence-electron chi connectivity index (χ0n) is 15.1. The standard InChI is InChI=1S/C18H23F2N3O3S/c1-27(24,25)23-8-11-6-22(7-12(11)9-23)14-5-17(21)18(26-10-14)15-4-13(19)2-3-16(15)20/h2-4,14,17-18H,5-10,21H2,1H3/t14-,17+,18-/m1/s1. The molecule has 9 heteroatoms. The number of halogens is 2. The first-order valence-corrected chi connectivity index (χ1v) is 10.8. The first-order valence-electron chi connectivity index (χ1n) is 8.93. The Balaban J connectivity index is 1.38. The number of nitrogens with two attached hydrogens (primary N) is 1. The van der Waals surface area contributed by atoms with Crippen LogP contribution in [0.2, 0.25) is 0 Å². The molecule has 3 heterocycles. The van der Waals surface area contributed by atoms with Crippen LogP contribution in [0.5, 0.6) is 0 Å². The molecule has 3 aliphatic heterocycles. The lowest BCUT2D eigenvalue weighted by molar-refractivity contribution is -0.0467. The third kappa shape index (κ3) is 3.66. The van der Waals surface area contributed by atoms with E-state index in [1.165, 1.54) is 10.6 Å². The van der Waals surface area contributed by atoms with Crippen molar-refractivity contribution < 1.29 is 21.9 Å². The van der Waals surface area contributed by atoms with Gasteiger partial charge in [-0.1, -0.05) is 0 Å². The summed E-state index contributed by atoms with van der Waals surface area (Å²) in [5.74, 6) is -1.03. The summed E-state index contributed by atoms with van der Waals surface area (Å²) in [5.41, 5.74) is 8.69. The Labute approximate surface area is 157 Å². The molecule has 2 N–H and O–H groups in total. The van der Waals surface area contributed by atoms with Crippen molar-refractivity contribution in [3.05, 3.63) is 46.5 Å². The smallest absolute Gasteiger partial charge is 0.211 e. The molecular weight excluding hydrogens is 376 g/mol. The van der Waals surface area contributed by atoms with Crippen LogP contribution in [-0.4, -0.2) is 68.7 Å². The van der Waals surface area contributed by atoms with Crippen LogP contribution in [0.1, 0.15) is 18.1 Å². The van der Waals surface area contributed by atoms with Crippen molar-refractivity contribution in [3.63, 3.8) is 0 Å². The molecule has 1 saturated heterocycles. The van der Waals surface area contributed by atoms with E-state index in [0.29, 0.717) is 39.2 Å². The summed E-state index contributed by atoms with van der Waals surface area (Å²) in [5, 5.41) is 0. The molecule has 0 radical (unpaired) electrons. The number of rotatable bonds is 3. The van der Waals surface area contributed by atoms with E-state index < -0.39 is 33.8 Å². The topological polar surface area (TPSA) is 75.9 Å². The van der Waals surface area contributed by atoms with Gasteiger partial charge in [0.15, 0.2) is 0 Å². The lowest BCUT2D eigenvalue weighted by atomic mass is 9.93. The minimum absolute atomic E-state index is 0.0742. The van der Waals surface area contributed by atoms with Gasteiger partial charge >= 0.3 is 0 Å². The fourth-order valence-corrected chi connectivity index (χ4v) is 5.00. The Morgan fingerprint density at radius 1 is 1.15 bits per heavy atom. The Morgan fingerprint density at radius 2 is 1.81 bits per heavy atom. The second-order valence-corrected chi connectivity index (χ2v) is 9.60. The molecule has 3 aliphatic rings. The van der Waals surface area contributed by atoms with Gasteiger partial charge in [-0.3, -0.25) is 4.90 Å². The van der Waals surface area contributed by atoms with E-state index in [-0.39, 0.29) is 11.6 Å². The third-order valence-electron chi connectivity index (χ3n) is 5.67. The largest absolute Gasteiger partial charge is 0.370 e. The van der Waals surface area contributed by atoms with Crippen molar-refractivity contribution in [3.8, 4) is 0 Å². The van der Waals surface area contributed by atoms with E-state index in [2.05, 4.69) is 4.90 Å². The summed E-state index contributed by atoms with van der Waals surface area (Å²) in [6.07, 6.45) is 1.17. The number of benzene rings is 1. The zero-order valence-corrected chi connectivity index (χ0v) is 15.9. The Hall–Kier alpha value is -1.39. The van der Waals surface area contributed by atoms with Gasteiger partial charge in [0.05, 0.1) is 12.9 Å². The Bertz CT molecular complexity index is 872. The van der Waals surface area contributed by atoms with Crippen LogP contribution in [0, 0.1) is 11.6 Å². The van der Waals surface area contributed by atoms with Gasteiger partial charge in [0.2, 0.25) is 10.0 Å². The molecule has 0 unspecified atom stereocenters. The van der Waals surface area contributed by atoms with Gasteiger partial charge in [-0.15, -0.1) is 0 Å². The molecular formula is C18H23F2N3O3S. The molecule has 0 amide bonds. The van der Waals surface area contributed by atoms with Crippen LogP contribution in [0.25, 0.3) is 0 Å². The molecule has 0 aromatic heterocycles. The maximum atomic E-state index is 14.0. The number of nitrogens with zero attached hydrogens (tertiary/aromatic N) is 2. The summed E-state index contributed by atoms with van der Waals surface area (Å²) < 4.78 is 58.2. The van der Waals surface area contributed by atoms with E-state index in [4.69, 9.17) is 10.5 Å². The number of hydrogen-bond acceptors (Lipinski definition) is 5. The molecule has 1 aromatic carbocycles. The average Bonchev–Trinajstić information content (AvgIpc) is 3.16. The Morgan fingerprint density at radius 3 is 2.41 bits per heavy atom. The minimum atomic E-state index is -3.18. The van der Waals surface area contributed by atoms with Gasteiger partial charge < -0.3 is 10.5 Å². The van der Waals surface area contributed by atoms with E-state index >= 15 is 0 Å². The highest BCUT2D eigenvalue weighted by molar-refractivity contribution is 7.88. The molecule has 1 aromatic rings. The summed E-state index contributed by atoms with van der Waals surface area (Å²) in [6.45, 7) is 2.66. The summed E-state index contributed by atoms with van der Waals surface area (Å²) in [7, 11) is -3.18. The van der Waals surface area contributed by atoms with Crippen LogP contribution in [0.15, 0.2) is 29.3 Å². The van der Waals surface area contributed by atoms with Crippen molar-refractivity contribution in [2.24, 2.45) is 5.73 Å². The lowest BCUT2D eigenvalue weighted by Crippen LogP contribution is -2.49. The fourth-order valence-electron chi connectivity index (χ4n) is 4.22. The highest BCUT2D eigenvalue weighted by atomic mass is 32.2. The molecule has 1 fully saturated rings. The van der Waals surface area contributed by atoms with Gasteiger partial charge in [0.1, 0.15) is 17.7 Å². The van der Waals surface area contributed by atoms with E-state index in [1.807, 2.05) is 0 Å². The normalized spacial score (nSPS) is 30.1. The molecule has 0 saturated carbocycles. The van der Waals surface area contributed by atoms with Crippen LogP contribution < -0.4 is 5.73 Å². The van der Waals surface area contributed by atoms with E-state index in [9.17, 15) is 17.2 Å². The first kappa shape index (κ1) is 18.9. The van der Waals surface area contributed by atoms with Gasteiger partial charge in [0.25, 0.3) is 0 Å². The van der Waals surface area contributed by atoms with Crippen molar-refractivity contribution in [2.75, 3.05) is 39.0 Å². The van der Waals surface area contributed by atoms with Crippen LogP contribution >= 0.6 is 0 Å². The summed E-state index contributed by atoms with van der Waals surface area (Å²) >= 11 is 0. The second-order valence-electron chi connectivity index (χ2n) is 7.62. The quantitative estimate of drug-likeness (QED) is 0.768.